The number of carboxylic acid groups (broad SMARTS) is 1. The lowest BCUT2D eigenvalue weighted by molar-refractivity contribution is -0.135. The van der Waals surface area contributed by atoms with E-state index in [1.54, 1.807) is 0 Å². The largest absolute Gasteiger partial charge is 0.495 e. The van der Waals surface area contributed by atoms with E-state index in [4.69, 9.17) is 21.4 Å². The average Bonchev–Trinajstić information content (AvgIpc) is 2.52. The van der Waals surface area contributed by atoms with E-state index in [0.717, 1.165) is 24.3 Å². The highest BCUT2D eigenvalue weighted by Crippen LogP contribution is 2.34. The number of methoxy groups -OCH3 is 1. The van der Waals surface area contributed by atoms with Gasteiger partial charge >= 0.3 is 5.97 Å². The molecule has 128 valence electrons. The van der Waals surface area contributed by atoms with Crippen LogP contribution in [-0.2, 0) is 14.8 Å². The van der Waals surface area contributed by atoms with Crippen LogP contribution in [0.15, 0.2) is 47.4 Å². The zero-order valence-electron chi connectivity index (χ0n) is 12.4. The van der Waals surface area contributed by atoms with Crippen molar-refractivity contribution in [1.82, 2.24) is 0 Å². The second-order valence-corrected chi connectivity index (χ2v) is 6.97. The molecule has 0 bridgehead atoms. The predicted molar refractivity (Wildman–Crippen MR) is 86.6 cm³/mol. The van der Waals surface area contributed by atoms with Crippen molar-refractivity contribution in [1.29, 1.82) is 0 Å². The third-order valence-corrected chi connectivity index (χ3v) is 5.10. The van der Waals surface area contributed by atoms with E-state index >= 15 is 0 Å². The third-order valence-electron chi connectivity index (χ3n) is 3.09. The first kappa shape index (κ1) is 18.0. The highest BCUT2D eigenvalue weighted by molar-refractivity contribution is 7.92. The fraction of sp³-hybridized carbons (Fsp3) is 0.133. The number of hydrogen-bond acceptors (Lipinski definition) is 4. The van der Waals surface area contributed by atoms with Crippen molar-refractivity contribution >= 4 is 33.3 Å². The van der Waals surface area contributed by atoms with Gasteiger partial charge in [-0.3, -0.25) is 9.10 Å². The van der Waals surface area contributed by atoms with Crippen LogP contribution in [0.5, 0.6) is 5.75 Å². The minimum absolute atomic E-state index is 0.0308. The molecule has 0 heterocycles. The molecule has 0 atom stereocenters. The Bertz CT molecular complexity index is 855. The van der Waals surface area contributed by atoms with Gasteiger partial charge in [0.05, 0.1) is 17.7 Å². The number of nitrogens with zero attached hydrogens (tertiary/aromatic N) is 1. The minimum Gasteiger partial charge on any atom is -0.495 e. The summed E-state index contributed by atoms with van der Waals surface area (Å²) in [6, 6.07) is 8.24. The van der Waals surface area contributed by atoms with E-state index in [1.165, 1.54) is 25.3 Å². The Kier molecular flexibility index (Phi) is 5.30. The van der Waals surface area contributed by atoms with Crippen LogP contribution in [0.25, 0.3) is 0 Å². The Labute approximate surface area is 143 Å². The van der Waals surface area contributed by atoms with Crippen molar-refractivity contribution in [2.24, 2.45) is 0 Å². The molecule has 0 spiro atoms. The lowest BCUT2D eigenvalue weighted by atomic mass is 10.3. The molecule has 1 N–H and O–H groups in total. The number of carboxylic acids is 1. The zero-order chi connectivity index (χ0) is 17.9. The van der Waals surface area contributed by atoms with Gasteiger partial charge in [0, 0.05) is 5.02 Å². The molecular formula is C15H13ClFNO5S. The second kappa shape index (κ2) is 7.06. The highest BCUT2D eigenvalue weighted by atomic mass is 35.5. The molecule has 24 heavy (non-hydrogen) atoms. The predicted octanol–water partition coefficient (Wildman–Crippen LogP) is 2.77. The molecule has 0 unspecified atom stereocenters. The van der Waals surface area contributed by atoms with Crippen molar-refractivity contribution in [2.45, 2.75) is 4.90 Å². The van der Waals surface area contributed by atoms with Gasteiger partial charge < -0.3 is 9.84 Å². The van der Waals surface area contributed by atoms with E-state index in [9.17, 15) is 17.6 Å². The second-order valence-electron chi connectivity index (χ2n) is 4.68. The van der Waals surface area contributed by atoms with Crippen LogP contribution in [0.1, 0.15) is 0 Å². The summed E-state index contributed by atoms with van der Waals surface area (Å²) in [6.07, 6.45) is 0. The van der Waals surface area contributed by atoms with Gasteiger partial charge in [-0.15, -0.1) is 0 Å². The van der Waals surface area contributed by atoms with E-state index < -0.39 is 28.4 Å². The third kappa shape index (κ3) is 3.77. The van der Waals surface area contributed by atoms with Gasteiger partial charge in [0.15, 0.2) is 0 Å². The summed E-state index contributed by atoms with van der Waals surface area (Å²) < 4.78 is 44.4. The number of carbonyl (C=O) groups is 1. The molecule has 0 radical (unpaired) electrons. The molecule has 0 amide bonds. The number of benzene rings is 2. The highest BCUT2D eigenvalue weighted by Gasteiger charge is 2.29. The van der Waals surface area contributed by atoms with Crippen LogP contribution in [-0.4, -0.2) is 33.1 Å². The Balaban J connectivity index is 2.63. The number of ether oxygens (including phenoxy) is 1. The van der Waals surface area contributed by atoms with E-state index in [1.807, 2.05) is 0 Å². The van der Waals surface area contributed by atoms with Gasteiger partial charge in [0.1, 0.15) is 18.1 Å². The molecule has 2 aromatic carbocycles. The first-order valence-electron chi connectivity index (χ1n) is 6.59. The quantitative estimate of drug-likeness (QED) is 0.841. The monoisotopic (exact) mass is 373 g/mol. The van der Waals surface area contributed by atoms with Gasteiger partial charge in [0.2, 0.25) is 0 Å². The van der Waals surface area contributed by atoms with Crippen LogP contribution < -0.4 is 9.04 Å². The fourth-order valence-electron chi connectivity index (χ4n) is 2.01. The maximum Gasteiger partial charge on any atom is 0.324 e. The molecule has 0 aromatic heterocycles. The van der Waals surface area contributed by atoms with Crippen LogP contribution in [0.3, 0.4) is 0 Å². The van der Waals surface area contributed by atoms with Gasteiger partial charge in [-0.2, -0.15) is 0 Å². The molecule has 0 aliphatic carbocycles. The maximum atomic E-state index is 13.0. The molecule has 0 fully saturated rings. The summed E-state index contributed by atoms with van der Waals surface area (Å²) in [6.45, 7) is -0.851. The zero-order valence-corrected chi connectivity index (χ0v) is 14.0. The number of anilines is 1. The van der Waals surface area contributed by atoms with E-state index in [2.05, 4.69) is 0 Å². The molecule has 0 saturated heterocycles. The van der Waals surface area contributed by atoms with Crippen molar-refractivity contribution in [3.63, 3.8) is 0 Å². The Morgan fingerprint density at radius 1 is 1.25 bits per heavy atom. The number of aliphatic carboxylic acids is 1. The first-order chi connectivity index (χ1) is 11.3. The van der Waals surface area contributed by atoms with Crippen molar-refractivity contribution in [2.75, 3.05) is 18.0 Å². The number of hydrogen-bond donors (Lipinski definition) is 1. The molecular weight excluding hydrogens is 361 g/mol. The lowest BCUT2D eigenvalue weighted by Crippen LogP contribution is -2.36. The smallest absolute Gasteiger partial charge is 0.324 e. The van der Waals surface area contributed by atoms with Gasteiger partial charge in [-0.1, -0.05) is 11.6 Å². The van der Waals surface area contributed by atoms with E-state index in [-0.39, 0.29) is 21.4 Å². The summed E-state index contributed by atoms with van der Waals surface area (Å²) in [7, 11) is -2.95. The number of rotatable bonds is 6. The molecule has 0 aliphatic heterocycles. The first-order valence-corrected chi connectivity index (χ1v) is 8.41. The topological polar surface area (TPSA) is 83.9 Å². The van der Waals surface area contributed by atoms with Gasteiger partial charge in [0.25, 0.3) is 10.0 Å². The minimum atomic E-state index is -4.27. The summed E-state index contributed by atoms with van der Waals surface area (Å²) in [5.74, 6) is -1.85. The number of sulfonamides is 1. The Morgan fingerprint density at radius 3 is 2.42 bits per heavy atom. The standard InChI is InChI=1S/C15H13ClFNO5S/c1-23-14-7-2-10(16)8-13(14)18(9-15(19)20)24(21,22)12-5-3-11(17)4-6-12/h2-8H,9H2,1H3,(H,19,20). The van der Waals surface area contributed by atoms with Crippen LogP contribution >= 0.6 is 11.6 Å². The van der Waals surface area contributed by atoms with Gasteiger partial charge in [-0.25, -0.2) is 12.8 Å². The Morgan fingerprint density at radius 2 is 1.88 bits per heavy atom. The van der Waals surface area contributed by atoms with Crippen LogP contribution in [0, 0.1) is 5.82 Å². The summed E-state index contributed by atoms with van der Waals surface area (Å²) in [5.41, 5.74) is -0.0308. The number of halogens is 2. The summed E-state index contributed by atoms with van der Waals surface area (Å²) in [4.78, 5) is 10.9. The van der Waals surface area contributed by atoms with Gasteiger partial charge in [-0.05, 0) is 42.5 Å². The van der Waals surface area contributed by atoms with Crippen molar-refractivity contribution < 1.29 is 27.4 Å². The van der Waals surface area contributed by atoms with Crippen molar-refractivity contribution in [3.8, 4) is 5.75 Å². The fourth-order valence-corrected chi connectivity index (χ4v) is 3.60. The Hall–Kier alpha value is -2.32. The molecule has 0 saturated carbocycles. The molecule has 9 heteroatoms. The molecule has 0 aliphatic rings. The summed E-state index contributed by atoms with van der Waals surface area (Å²) in [5, 5.41) is 9.30. The lowest BCUT2D eigenvalue weighted by Gasteiger charge is -2.24. The van der Waals surface area contributed by atoms with Crippen LogP contribution in [0.2, 0.25) is 5.02 Å². The molecule has 2 aromatic rings. The van der Waals surface area contributed by atoms with Crippen molar-refractivity contribution in [3.05, 3.63) is 53.3 Å². The average molecular weight is 374 g/mol. The molecule has 6 nitrogen and oxygen atoms in total. The maximum absolute atomic E-state index is 13.0. The SMILES string of the molecule is COc1ccc(Cl)cc1N(CC(=O)O)S(=O)(=O)c1ccc(F)cc1. The van der Waals surface area contributed by atoms with Crippen LogP contribution in [0.4, 0.5) is 10.1 Å². The normalized spacial score (nSPS) is 11.1. The summed E-state index contributed by atoms with van der Waals surface area (Å²) >= 11 is 5.90. The molecule has 2 rings (SSSR count). The van der Waals surface area contributed by atoms with E-state index in [0.29, 0.717) is 4.31 Å².